The van der Waals surface area contributed by atoms with Gasteiger partial charge in [-0.15, -0.1) is 24.2 Å². The Labute approximate surface area is 136 Å². The van der Waals surface area contributed by atoms with Crippen molar-refractivity contribution in [2.75, 3.05) is 31.9 Å². The van der Waals surface area contributed by atoms with Gasteiger partial charge in [0.05, 0.1) is 0 Å². The molecule has 1 heterocycles. The number of nitrogens with zero attached hydrogens (tertiary/aromatic N) is 1. The predicted octanol–water partition coefficient (Wildman–Crippen LogP) is 3.82. The van der Waals surface area contributed by atoms with Gasteiger partial charge in [0.25, 0.3) is 0 Å². The molecule has 0 radical (unpaired) electrons. The van der Waals surface area contributed by atoms with E-state index in [-0.39, 0.29) is 24.9 Å². The zero-order valence-corrected chi connectivity index (χ0v) is 13.9. The maximum atomic E-state index is 12.9. The first-order valence-electron chi connectivity index (χ1n) is 7.16. The van der Waals surface area contributed by atoms with Gasteiger partial charge >= 0.3 is 0 Å². The molecule has 0 aromatic heterocycles. The highest BCUT2D eigenvalue weighted by Gasteiger charge is 2.25. The van der Waals surface area contributed by atoms with Crippen molar-refractivity contribution in [3.8, 4) is 0 Å². The first kappa shape index (κ1) is 18.7. The average Bonchev–Trinajstić information content (AvgIpc) is 2.47. The number of halogens is 3. The molecule has 0 saturated carbocycles. The molecule has 1 aromatic carbocycles. The van der Waals surface area contributed by atoms with Gasteiger partial charge in [-0.25, -0.2) is 8.78 Å². The van der Waals surface area contributed by atoms with Crippen LogP contribution in [-0.4, -0.2) is 43.3 Å². The fraction of sp³-hybridized carbons (Fsp3) is 0.600. The van der Waals surface area contributed by atoms with Crippen LogP contribution in [0.3, 0.4) is 0 Å². The Morgan fingerprint density at radius 1 is 1.19 bits per heavy atom. The highest BCUT2D eigenvalue weighted by atomic mass is 35.5. The van der Waals surface area contributed by atoms with Gasteiger partial charge in [-0.2, -0.15) is 0 Å². The molecule has 2 rings (SSSR count). The Morgan fingerprint density at radius 2 is 1.81 bits per heavy atom. The first-order valence-corrected chi connectivity index (χ1v) is 8.15. The van der Waals surface area contributed by atoms with Crippen LogP contribution in [-0.2, 0) is 0 Å². The minimum absolute atomic E-state index is 0. The van der Waals surface area contributed by atoms with Crippen molar-refractivity contribution in [2.45, 2.75) is 30.7 Å². The molecule has 0 spiro atoms. The summed E-state index contributed by atoms with van der Waals surface area (Å²) in [6.07, 6.45) is -2.35. The minimum Gasteiger partial charge on any atom is -0.314 e. The normalized spacial score (nSPS) is 17.5. The highest BCUT2D eigenvalue weighted by Crippen LogP contribution is 2.29. The molecule has 0 amide bonds. The molecule has 0 bridgehead atoms. The molecular formula is C15H23ClF2N2S. The average molecular weight is 337 g/mol. The van der Waals surface area contributed by atoms with Gasteiger partial charge in [0, 0.05) is 43.5 Å². The van der Waals surface area contributed by atoms with E-state index in [0.29, 0.717) is 0 Å². The van der Waals surface area contributed by atoms with Crippen LogP contribution >= 0.6 is 24.2 Å². The van der Waals surface area contributed by atoms with Gasteiger partial charge in [-0.1, -0.05) is 19.1 Å². The quantitative estimate of drug-likeness (QED) is 0.795. The maximum Gasteiger partial charge on any atom is 0.240 e. The van der Waals surface area contributed by atoms with E-state index in [9.17, 15) is 8.78 Å². The van der Waals surface area contributed by atoms with Crippen LogP contribution in [0.4, 0.5) is 8.78 Å². The summed E-state index contributed by atoms with van der Waals surface area (Å²) in [6, 6.07) is 7.94. The molecule has 1 saturated heterocycles. The van der Waals surface area contributed by atoms with Crippen LogP contribution < -0.4 is 5.32 Å². The largest absolute Gasteiger partial charge is 0.314 e. The Kier molecular flexibility index (Phi) is 8.56. The van der Waals surface area contributed by atoms with Crippen LogP contribution in [0.2, 0.25) is 0 Å². The number of benzene rings is 1. The molecule has 1 aliphatic rings. The van der Waals surface area contributed by atoms with Gasteiger partial charge in [-0.05, 0) is 23.4 Å². The molecule has 6 heteroatoms. The van der Waals surface area contributed by atoms with Gasteiger partial charge in [0.15, 0.2) is 0 Å². The summed E-state index contributed by atoms with van der Waals surface area (Å²) < 4.78 is 25.8. The van der Waals surface area contributed by atoms with E-state index in [1.807, 2.05) is 24.3 Å². The number of rotatable bonds is 6. The van der Waals surface area contributed by atoms with Crippen molar-refractivity contribution < 1.29 is 8.78 Å². The topological polar surface area (TPSA) is 15.3 Å². The third kappa shape index (κ3) is 5.74. The van der Waals surface area contributed by atoms with Crippen LogP contribution in [0.25, 0.3) is 0 Å². The van der Waals surface area contributed by atoms with E-state index >= 15 is 0 Å². The number of nitrogens with one attached hydrogen (secondary N) is 1. The summed E-state index contributed by atoms with van der Waals surface area (Å²) >= 11 is 1.77. The number of alkyl halides is 2. The van der Waals surface area contributed by atoms with Gasteiger partial charge in [0.1, 0.15) is 0 Å². The van der Waals surface area contributed by atoms with Gasteiger partial charge < -0.3 is 5.32 Å². The van der Waals surface area contributed by atoms with E-state index in [1.165, 1.54) is 4.90 Å². The Bertz CT molecular complexity index is 397. The van der Waals surface area contributed by atoms with E-state index in [4.69, 9.17) is 0 Å². The summed E-state index contributed by atoms with van der Waals surface area (Å²) in [5.74, 6) is 1.03. The number of hydrogen-bond donors (Lipinski definition) is 1. The van der Waals surface area contributed by atoms with Crippen molar-refractivity contribution in [1.29, 1.82) is 0 Å². The van der Waals surface area contributed by atoms with Crippen LogP contribution in [0.15, 0.2) is 29.2 Å². The van der Waals surface area contributed by atoms with E-state index in [1.54, 1.807) is 11.8 Å². The standard InChI is InChI=1S/C15H22F2N2S.ClH/c1-2-20-13-5-3-12(4-6-13)14(11-15(16)17)19-9-7-18-8-10-19;/h3-6,14-15,18H,2,7-11H2,1H3;1H/t14-;/m1./s1. The smallest absolute Gasteiger partial charge is 0.240 e. The lowest BCUT2D eigenvalue weighted by Crippen LogP contribution is -2.45. The van der Waals surface area contributed by atoms with Crippen molar-refractivity contribution in [1.82, 2.24) is 10.2 Å². The third-order valence-electron chi connectivity index (χ3n) is 3.57. The summed E-state index contributed by atoms with van der Waals surface area (Å²) in [5.41, 5.74) is 1.01. The van der Waals surface area contributed by atoms with E-state index < -0.39 is 6.43 Å². The zero-order chi connectivity index (χ0) is 14.4. The second-order valence-corrected chi connectivity index (χ2v) is 6.27. The lowest BCUT2D eigenvalue weighted by atomic mass is 10.0. The minimum atomic E-state index is -2.26. The molecule has 1 fully saturated rings. The van der Waals surface area contributed by atoms with Crippen LogP contribution in [0.5, 0.6) is 0 Å². The second kappa shape index (κ2) is 9.62. The SMILES string of the molecule is CCSc1ccc([C@@H](CC(F)F)N2CCNCC2)cc1.Cl. The molecule has 21 heavy (non-hydrogen) atoms. The monoisotopic (exact) mass is 336 g/mol. The van der Waals surface area contributed by atoms with Crippen LogP contribution in [0.1, 0.15) is 24.9 Å². The van der Waals surface area contributed by atoms with E-state index in [0.717, 1.165) is 37.5 Å². The fourth-order valence-corrected chi connectivity index (χ4v) is 3.27. The van der Waals surface area contributed by atoms with Crippen molar-refractivity contribution in [2.24, 2.45) is 0 Å². The molecule has 1 atom stereocenters. The highest BCUT2D eigenvalue weighted by molar-refractivity contribution is 7.99. The summed E-state index contributed by atoms with van der Waals surface area (Å²) in [4.78, 5) is 3.37. The molecule has 0 aliphatic carbocycles. The van der Waals surface area contributed by atoms with Crippen molar-refractivity contribution in [3.63, 3.8) is 0 Å². The Morgan fingerprint density at radius 3 is 2.33 bits per heavy atom. The Hall–Kier alpha value is -0.360. The molecular weight excluding hydrogens is 314 g/mol. The lowest BCUT2D eigenvalue weighted by Gasteiger charge is -2.35. The molecule has 1 aromatic rings. The van der Waals surface area contributed by atoms with E-state index in [2.05, 4.69) is 17.1 Å². The van der Waals surface area contributed by atoms with Gasteiger partial charge in [0.2, 0.25) is 6.43 Å². The molecule has 120 valence electrons. The summed E-state index contributed by atoms with van der Waals surface area (Å²) in [6.45, 7) is 5.54. The number of hydrogen-bond acceptors (Lipinski definition) is 3. The van der Waals surface area contributed by atoms with Crippen molar-refractivity contribution in [3.05, 3.63) is 29.8 Å². The van der Waals surface area contributed by atoms with Crippen molar-refractivity contribution >= 4 is 24.2 Å². The molecule has 2 nitrogen and oxygen atoms in total. The third-order valence-corrected chi connectivity index (χ3v) is 4.46. The maximum absolute atomic E-state index is 12.9. The van der Waals surface area contributed by atoms with Crippen LogP contribution in [0, 0.1) is 0 Å². The summed E-state index contributed by atoms with van der Waals surface area (Å²) in [7, 11) is 0. The molecule has 1 aliphatic heterocycles. The zero-order valence-electron chi connectivity index (χ0n) is 12.2. The molecule has 0 unspecified atom stereocenters. The first-order chi connectivity index (χ1) is 9.70. The number of piperazine rings is 1. The predicted molar refractivity (Wildman–Crippen MR) is 87.9 cm³/mol. The number of thioether (sulfide) groups is 1. The summed E-state index contributed by atoms with van der Waals surface area (Å²) in [5, 5.41) is 3.27. The molecule has 1 N–H and O–H groups in total. The van der Waals surface area contributed by atoms with Gasteiger partial charge in [-0.3, -0.25) is 4.90 Å². The Balaban J connectivity index is 0.00000220. The fourth-order valence-electron chi connectivity index (χ4n) is 2.61. The second-order valence-electron chi connectivity index (χ2n) is 4.93. The lowest BCUT2D eigenvalue weighted by molar-refractivity contribution is 0.0739.